The molecule has 0 aliphatic heterocycles. The molecule has 0 bridgehead atoms. The molecule has 0 aliphatic rings. The lowest BCUT2D eigenvalue weighted by molar-refractivity contribution is 0.316. The summed E-state index contributed by atoms with van der Waals surface area (Å²) in [6.45, 7) is 7.66. The Labute approximate surface area is 126 Å². The zero-order valence-corrected chi connectivity index (χ0v) is 13.8. The first-order valence-corrected chi connectivity index (χ1v) is 8.80. The van der Waals surface area contributed by atoms with Crippen LogP contribution in [0.15, 0.2) is 18.2 Å². The highest BCUT2D eigenvalue weighted by Gasteiger charge is 2.17. The van der Waals surface area contributed by atoms with Crippen molar-refractivity contribution in [3.63, 3.8) is 0 Å². The Kier molecular flexibility index (Phi) is 6.61. The Hall–Kier alpha value is -1.14. The van der Waals surface area contributed by atoms with Crippen LogP contribution in [0.4, 0.5) is 4.39 Å². The monoisotopic (exact) mass is 317 g/mol. The summed E-state index contributed by atoms with van der Waals surface area (Å²) in [7, 11) is -3.18. The van der Waals surface area contributed by atoms with E-state index in [1.807, 2.05) is 13.8 Å². The second-order valence-corrected chi connectivity index (χ2v) is 8.20. The molecule has 0 saturated carbocycles. The molecule has 0 unspecified atom stereocenters. The third-order valence-electron chi connectivity index (χ3n) is 3.08. The number of hydrogen-bond acceptors (Lipinski definition) is 4. The second-order valence-electron chi connectivity index (χ2n) is 5.53. The van der Waals surface area contributed by atoms with Crippen LogP contribution in [0.5, 0.6) is 5.75 Å². The molecule has 0 fully saturated rings. The minimum atomic E-state index is -3.18. The lowest BCUT2D eigenvalue weighted by atomic mass is 10.2. The van der Waals surface area contributed by atoms with Crippen molar-refractivity contribution in [1.29, 1.82) is 0 Å². The van der Waals surface area contributed by atoms with E-state index < -0.39 is 20.9 Å². The number of nitrogens with one attached hydrogen (secondary N) is 1. The number of rotatable bonds is 8. The van der Waals surface area contributed by atoms with E-state index in [-0.39, 0.29) is 24.2 Å². The first kappa shape index (κ1) is 17.9. The van der Waals surface area contributed by atoms with Crippen LogP contribution >= 0.6 is 0 Å². The Morgan fingerprint density at radius 3 is 2.48 bits per heavy atom. The minimum absolute atomic E-state index is 0.0455. The van der Waals surface area contributed by atoms with Gasteiger partial charge >= 0.3 is 0 Å². The van der Waals surface area contributed by atoms with Gasteiger partial charge in [0.05, 0.1) is 11.0 Å². The van der Waals surface area contributed by atoms with Gasteiger partial charge in [0.15, 0.2) is 21.4 Å². The van der Waals surface area contributed by atoms with Crippen molar-refractivity contribution < 1.29 is 17.5 Å². The smallest absolute Gasteiger partial charge is 0.165 e. The summed E-state index contributed by atoms with van der Waals surface area (Å²) in [5, 5.41) is 2.73. The summed E-state index contributed by atoms with van der Waals surface area (Å²) in [4.78, 5) is 0. The molecule has 6 heteroatoms. The largest absolute Gasteiger partial charge is 0.489 e. The fourth-order valence-corrected chi connectivity index (χ4v) is 2.45. The predicted molar refractivity (Wildman–Crippen MR) is 82.8 cm³/mol. The minimum Gasteiger partial charge on any atom is -0.489 e. The van der Waals surface area contributed by atoms with Gasteiger partial charge in [-0.05, 0) is 19.9 Å². The number of halogens is 1. The van der Waals surface area contributed by atoms with Gasteiger partial charge in [-0.3, -0.25) is 0 Å². The van der Waals surface area contributed by atoms with Crippen LogP contribution < -0.4 is 10.1 Å². The predicted octanol–water partition coefficient (Wildman–Crippen LogP) is 2.53. The molecule has 4 nitrogen and oxygen atoms in total. The second kappa shape index (κ2) is 7.75. The van der Waals surface area contributed by atoms with Gasteiger partial charge in [0, 0.05) is 18.2 Å². The van der Waals surface area contributed by atoms with Gasteiger partial charge in [0.1, 0.15) is 6.61 Å². The molecule has 0 spiro atoms. The number of ether oxygens (including phenoxy) is 1. The molecule has 0 atom stereocenters. The molecular formula is C15H24FNO3S. The molecular weight excluding hydrogens is 293 g/mol. The average molecular weight is 317 g/mol. The van der Waals surface area contributed by atoms with Gasteiger partial charge in [-0.1, -0.05) is 26.0 Å². The quantitative estimate of drug-likeness (QED) is 0.800. The van der Waals surface area contributed by atoms with Gasteiger partial charge in [0.2, 0.25) is 0 Å². The van der Waals surface area contributed by atoms with Crippen LogP contribution in [0.1, 0.15) is 33.3 Å². The molecule has 120 valence electrons. The molecule has 1 N–H and O–H groups in total. The summed E-state index contributed by atoms with van der Waals surface area (Å²) < 4.78 is 42.7. The highest BCUT2D eigenvalue weighted by atomic mass is 32.2. The lowest BCUT2D eigenvalue weighted by Gasteiger charge is -2.15. The maximum atomic E-state index is 13.9. The highest BCUT2D eigenvalue weighted by molar-refractivity contribution is 7.91. The molecule has 0 aliphatic carbocycles. The van der Waals surface area contributed by atoms with Crippen molar-refractivity contribution in [3.8, 4) is 5.75 Å². The maximum absolute atomic E-state index is 13.9. The standard InChI is InChI=1S/C15H24FNO3S/c1-11(2)17-10-13-6-5-7-14(16)15(13)20-8-9-21(18,19)12(3)4/h5-7,11-12,17H,8-10H2,1-4H3. The SMILES string of the molecule is CC(C)NCc1cccc(F)c1OCCS(=O)(=O)C(C)C. The number of benzene rings is 1. The summed E-state index contributed by atoms with van der Waals surface area (Å²) in [6, 6.07) is 4.96. The van der Waals surface area contributed by atoms with E-state index in [0.717, 1.165) is 0 Å². The van der Waals surface area contributed by atoms with Crippen LogP contribution in [0.25, 0.3) is 0 Å². The van der Waals surface area contributed by atoms with E-state index >= 15 is 0 Å². The average Bonchev–Trinajstić information content (AvgIpc) is 2.38. The fraction of sp³-hybridized carbons (Fsp3) is 0.600. The topological polar surface area (TPSA) is 55.4 Å². The Balaban J connectivity index is 2.74. The van der Waals surface area contributed by atoms with Gasteiger partial charge < -0.3 is 10.1 Å². The summed E-state index contributed by atoms with van der Waals surface area (Å²) in [6.07, 6.45) is 0. The highest BCUT2D eigenvalue weighted by Crippen LogP contribution is 2.23. The van der Waals surface area contributed by atoms with Crippen molar-refractivity contribution in [2.45, 2.75) is 45.5 Å². The van der Waals surface area contributed by atoms with E-state index in [4.69, 9.17) is 4.74 Å². The third kappa shape index (κ3) is 5.63. The Bertz CT molecular complexity index is 556. The molecule has 1 rings (SSSR count). The van der Waals surface area contributed by atoms with E-state index in [2.05, 4.69) is 5.32 Å². The van der Waals surface area contributed by atoms with E-state index in [9.17, 15) is 12.8 Å². The lowest BCUT2D eigenvalue weighted by Crippen LogP contribution is -2.24. The summed E-state index contributed by atoms with van der Waals surface area (Å²) in [5.41, 5.74) is 0.686. The van der Waals surface area contributed by atoms with Gasteiger partial charge in [-0.15, -0.1) is 0 Å². The number of para-hydroxylation sites is 1. The maximum Gasteiger partial charge on any atom is 0.165 e. The fourth-order valence-electron chi connectivity index (χ4n) is 1.66. The molecule has 1 aromatic carbocycles. The molecule has 1 aromatic rings. The first-order valence-electron chi connectivity index (χ1n) is 7.09. The van der Waals surface area contributed by atoms with Gasteiger partial charge in [0.25, 0.3) is 0 Å². The molecule has 0 aromatic heterocycles. The first-order chi connectivity index (χ1) is 9.74. The van der Waals surface area contributed by atoms with Crippen molar-refractivity contribution in [2.75, 3.05) is 12.4 Å². The van der Waals surface area contributed by atoms with Crippen molar-refractivity contribution >= 4 is 9.84 Å². The van der Waals surface area contributed by atoms with Crippen LogP contribution in [0, 0.1) is 5.82 Å². The molecule has 0 amide bonds. The van der Waals surface area contributed by atoms with Crippen LogP contribution in [-0.2, 0) is 16.4 Å². The van der Waals surface area contributed by atoms with E-state index in [1.165, 1.54) is 6.07 Å². The van der Waals surface area contributed by atoms with Gasteiger partial charge in [-0.25, -0.2) is 12.8 Å². The molecule has 21 heavy (non-hydrogen) atoms. The molecule has 0 heterocycles. The molecule has 0 saturated heterocycles. The Morgan fingerprint density at radius 2 is 1.90 bits per heavy atom. The van der Waals surface area contributed by atoms with Crippen LogP contribution in [-0.4, -0.2) is 32.1 Å². The van der Waals surface area contributed by atoms with E-state index in [1.54, 1.807) is 26.0 Å². The zero-order valence-electron chi connectivity index (χ0n) is 13.0. The zero-order chi connectivity index (χ0) is 16.0. The van der Waals surface area contributed by atoms with Crippen molar-refractivity contribution in [1.82, 2.24) is 5.32 Å². The summed E-state index contributed by atoms with van der Waals surface area (Å²) in [5.74, 6) is -0.458. The normalized spacial score (nSPS) is 12.1. The van der Waals surface area contributed by atoms with Gasteiger partial charge in [-0.2, -0.15) is 0 Å². The molecule has 0 radical (unpaired) electrons. The number of sulfone groups is 1. The van der Waals surface area contributed by atoms with Crippen LogP contribution in [0.2, 0.25) is 0 Å². The summed E-state index contributed by atoms with van der Waals surface area (Å²) >= 11 is 0. The van der Waals surface area contributed by atoms with Crippen LogP contribution in [0.3, 0.4) is 0 Å². The Morgan fingerprint density at radius 1 is 1.24 bits per heavy atom. The number of hydrogen-bond donors (Lipinski definition) is 1. The van der Waals surface area contributed by atoms with Crippen molar-refractivity contribution in [2.24, 2.45) is 0 Å². The van der Waals surface area contributed by atoms with Crippen molar-refractivity contribution in [3.05, 3.63) is 29.6 Å². The third-order valence-corrected chi connectivity index (χ3v) is 5.25. The van der Waals surface area contributed by atoms with E-state index in [0.29, 0.717) is 12.1 Å².